The van der Waals surface area contributed by atoms with Crippen LogP contribution in [0.3, 0.4) is 0 Å². The summed E-state index contributed by atoms with van der Waals surface area (Å²) in [7, 11) is -3.46. The van der Waals surface area contributed by atoms with E-state index >= 15 is 0 Å². The lowest BCUT2D eigenvalue weighted by Crippen LogP contribution is -2.54. The number of fused-ring (bicyclic) bond motifs is 1. The van der Waals surface area contributed by atoms with E-state index in [1.165, 1.54) is 0 Å². The zero-order valence-electron chi connectivity index (χ0n) is 15.0. The Morgan fingerprint density at radius 1 is 1.08 bits per heavy atom. The molecule has 0 saturated carbocycles. The second-order valence-electron chi connectivity index (χ2n) is 6.83. The third-order valence-corrected chi connectivity index (χ3v) is 7.16. The molecule has 0 radical (unpaired) electrons. The molecule has 4 rings (SSSR count). The van der Waals surface area contributed by atoms with E-state index in [4.69, 9.17) is 0 Å². The van der Waals surface area contributed by atoms with Crippen LogP contribution < -0.4 is 0 Å². The van der Waals surface area contributed by atoms with Crippen molar-refractivity contribution in [3.8, 4) is 0 Å². The minimum absolute atomic E-state index is 0.342. The van der Waals surface area contributed by atoms with Crippen molar-refractivity contribution in [3.05, 3.63) is 42.2 Å². The number of aliphatic imine (C=N–C) groups is 2. The fourth-order valence-corrected chi connectivity index (χ4v) is 5.23. The van der Waals surface area contributed by atoms with E-state index in [-0.39, 0.29) is 0 Å². The second kappa shape index (κ2) is 6.51. The van der Waals surface area contributed by atoms with E-state index in [0.717, 1.165) is 23.8 Å². The van der Waals surface area contributed by atoms with Gasteiger partial charge in [-0.05, 0) is 25.5 Å². The lowest BCUT2D eigenvalue weighted by atomic mass is 10.2. The van der Waals surface area contributed by atoms with E-state index in [2.05, 4.69) is 26.7 Å². The van der Waals surface area contributed by atoms with Gasteiger partial charge in [-0.25, -0.2) is 13.4 Å². The summed E-state index contributed by atoms with van der Waals surface area (Å²) in [4.78, 5) is 13.8. The molecule has 138 valence electrons. The molecule has 1 unspecified atom stereocenters. The Hall–Kier alpha value is -2.19. The maximum Gasteiger partial charge on any atom is 0.243 e. The van der Waals surface area contributed by atoms with Crippen molar-refractivity contribution in [2.45, 2.75) is 24.8 Å². The molecule has 26 heavy (non-hydrogen) atoms. The van der Waals surface area contributed by atoms with Gasteiger partial charge in [0.15, 0.2) is 11.7 Å². The number of piperazine rings is 1. The Morgan fingerprint density at radius 2 is 1.81 bits per heavy atom. The normalized spacial score (nSPS) is 23.7. The van der Waals surface area contributed by atoms with Gasteiger partial charge in [-0.1, -0.05) is 18.2 Å². The monoisotopic (exact) mass is 373 g/mol. The summed E-state index contributed by atoms with van der Waals surface area (Å²) in [5.41, 5.74) is 0.779. The van der Waals surface area contributed by atoms with Crippen LogP contribution in [0.4, 0.5) is 0 Å². The molecule has 8 heteroatoms. The van der Waals surface area contributed by atoms with Crippen LogP contribution in [0.15, 0.2) is 51.5 Å². The van der Waals surface area contributed by atoms with Crippen LogP contribution in [0.1, 0.15) is 12.5 Å². The van der Waals surface area contributed by atoms with Crippen LogP contribution in [-0.4, -0.2) is 73.0 Å². The van der Waals surface area contributed by atoms with Crippen molar-refractivity contribution in [3.63, 3.8) is 0 Å². The number of nitrogens with zero attached hydrogens (tertiary/aromatic N) is 5. The number of sulfonamides is 1. The highest BCUT2D eigenvalue weighted by atomic mass is 32.2. The summed E-state index contributed by atoms with van der Waals surface area (Å²) in [5, 5.41) is 0. The lowest BCUT2D eigenvalue weighted by molar-refractivity contribution is 0.266. The zero-order valence-corrected chi connectivity index (χ0v) is 15.9. The van der Waals surface area contributed by atoms with E-state index in [1.54, 1.807) is 22.6 Å². The fraction of sp³-hybridized carbons (Fsp3) is 0.444. The number of hydrogen-bond donors (Lipinski definition) is 0. The van der Waals surface area contributed by atoms with Gasteiger partial charge in [-0.15, -0.1) is 0 Å². The molecule has 1 saturated heterocycles. The number of amidine groups is 2. The van der Waals surface area contributed by atoms with Gasteiger partial charge >= 0.3 is 0 Å². The van der Waals surface area contributed by atoms with E-state index < -0.39 is 10.0 Å². The summed E-state index contributed by atoms with van der Waals surface area (Å²) >= 11 is 0. The molecule has 0 bridgehead atoms. The summed E-state index contributed by atoms with van der Waals surface area (Å²) in [6.45, 7) is 6.85. The van der Waals surface area contributed by atoms with Crippen LogP contribution in [-0.2, 0) is 10.0 Å². The summed E-state index contributed by atoms with van der Waals surface area (Å²) in [5.74, 6) is 1.75. The Balaban J connectivity index is 1.49. The van der Waals surface area contributed by atoms with Crippen molar-refractivity contribution in [1.82, 2.24) is 14.1 Å². The van der Waals surface area contributed by atoms with Crippen LogP contribution in [0, 0.1) is 6.92 Å². The van der Waals surface area contributed by atoms with E-state index in [9.17, 15) is 8.42 Å². The SMILES string of the molecule is Cc1ccccc1S(=O)(=O)N1CCN(C2=NC=CN3C2=NCC3C)CC1. The highest BCUT2D eigenvalue weighted by molar-refractivity contribution is 7.89. The summed E-state index contributed by atoms with van der Waals surface area (Å²) < 4.78 is 27.5. The highest BCUT2D eigenvalue weighted by Gasteiger charge is 2.35. The van der Waals surface area contributed by atoms with Crippen LogP contribution in [0.2, 0.25) is 0 Å². The first-order chi connectivity index (χ1) is 12.5. The van der Waals surface area contributed by atoms with Gasteiger partial charge in [-0.3, -0.25) is 4.99 Å². The van der Waals surface area contributed by atoms with Crippen molar-refractivity contribution in [1.29, 1.82) is 0 Å². The highest BCUT2D eigenvalue weighted by Crippen LogP contribution is 2.22. The Bertz CT molecular complexity index is 898. The average molecular weight is 373 g/mol. The van der Waals surface area contributed by atoms with E-state index in [1.807, 2.05) is 25.3 Å². The lowest BCUT2D eigenvalue weighted by Gasteiger charge is -2.37. The Kier molecular flexibility index (Phi) is 4.32. The van der Waals surface area contributed by atoms with Gasteiger partial charge in [0.05, 0.1) is 17.5 Å². The zero-order chi connectivity index (χ0) is 18.3. The van der Waals surface area contributed by atoms with E-state index in [0.29, 0.717) is 37.1 Å². The second-order valence-corrected chi connectivity index (χ2v) is 8.73. The molecule has 1 fully saturated rings. The Morgan fingerprint density at radius 3 is 2.54 bits per heavy atom. The molecule has 3 aliphatic rings. The first kappa shape index (κ1) is 17.2. The molecule has 0 amide bonds. The Labute approximate surface area is 154 Å². The molecule has 0 spiro atoms. The number of rotatable bonds is 2. The first-order valence-electron chi connectivity index (χ1n) is 8.87. The quantitative estimate of drug-likeness (QED) is 0.783. The van der Waals surface area contributed by atoms with Crippen LogP contribution in [0.25, 0.3) is 0 Å². The van der Waals surface area contributed by atoms with Crippen molar-refractivity contribution >= 4 is 21.7 Å². The number of hydrogen-bond acceptors (Lipinski definition) is 6. The van der Waals surface area contributed by atoms with Gasteiger partial charge < -0.3 is 9.80 Å². The number of benzene rings is 1. The predicted octanol–water partition coefficient (Wildman–Crippen LogP) is 1.29. The molecule has 0 aromatic heterocycles. The van der Waals surface area contributed by atoms with Crippen LogP contribution >= 0.6 is 0 Å². The molecule has 7 nitrogen and oxygen atoms in total. The molecule has 1 aromatic carbocycles. The van der Waals surface area contributed by atoms with Gasteiger partial charge in [0, 0.05) is 38.6 Å². The molecule has 3 aliphatic heterocycles. The maximum atomic E-state index is 13.0. The largest absolute Gasteiger partial charge is 0.351 e. The van der Waals surface area contributed by atoms with Crippen molar-refractivity contribution < 1.29 is 8.42 Å². The fourth-order valence-electron chi connectivity index (χ4n) is 3.58. The standard InChI is InChI=1S/C18H23N5O2S/c1-14-5-3-4-6-16(14)26(24,25)22-11-9-21(10-12-22)17-18-20-13-15(2)23(18)8-7-19-17/h3-8,15H,9-13H2,1-2H3. The summed E-state index contributed by atoms with van der Waals surface area (Å²) in [6.07, 6.45) is 3.76. The summed E-state index contributed by atoms with van der Waals surface area (Å²) in [6, 6.07) is 7.48. The topological polar surface area (TPSA) is 68.6 Å². The molecular formula is C18H23N5O2S. The van der Waals surface area contributed by atoms with Crippen LogP contribution in [0.5, 0.6) is 0 Å². The van der Waals surface area contributed by atoms with Gasteiger partial charge in [-0.2, -0.15) is 4.31 Å². The number of aryl methyl sites for hydroxylation is 1. The average Bonchev–Trinajstić information content (AvgIpc) is 3.03. The van der Waals surface area contributed by atoms with Crippen molar-refractivity contribution in [2.24, 2.45) is 9.98 Å². The van der Waals surface area contributed by atoms with Gasteiger partial charge in [0.25, 0.3) is 0 Å². The first-order valence-corrected chi connectivity index (χ1v) is 10.3. The third-order valence-electron chi connectivity index (χ3n) is 5.10. The molecule has 1 atom stereocenters. The smallest absolute Gasteiger partial charge is 0.243 e. The predicted molar refractivity (Wildman–Crippen MR) is 102 cm³/mol. The molecule has 0 N–H and O–H groups in total. The minimum Gasteiger partial charge on any atom is -0.351 e. The van der Waals surface area contributed by atoms with Gasteiger partial charge in [0.2, 0.25) is 10.0 Å². The molecule has 0 aliphatic carbocycles. The molecular weight excluding hydrogens is 350 g/mol. The molecule has 3 heterocycles. The van der Waals surface area contributed by atoms with Crippen molar-refractivity contribution in [2.75, 3.05) is 32.7 Å². The third kappa shape index (κ3) is 2.83. The maximum absolute atomic E-state index is 13.0. The van der Waals surface area contributed by atoms with Gasteiger partial charge in [0.1, 0.15) is 0 Å². The minimum atomic E-state index is -3.46. The molecule has 1 aromatic rings.